The highest BCUT2D eigenvalue weighted by atomic mass is 16.1. The molecule has 2 heterocycles. The molecule has 1 aromatic rings. The van der Waals surface area contributed by atoms with Crippen LogP contribution in [-0.2, 0) is 6.54 Å². The molecule has 0 radical (unpaired) electrons. The summed E-state index contributed by atoms with van der Waals surface area (Å²) in [7, 11) is 0. The molecule has 16 heavy (non-hydrogen) atoms. The molecule has 0 bridgehead atoms. The van der Waals surface area contributed by atoms with Crippen LogP contribution in [0, 0.1) is 5.92 Å². The Balaban J connectivity index is 2.24. The summed E-state index contributed by atoms with van der Waals surface area (Å²) in [6.45, 7) is 6.86. The van der Waals surface area contributed by atoms with Gasteiger partial charge in [-0.05, 0) is 25.7 Å². The van der Waals surface area contributed by atoms with Crippen LogP contribution < -0.4 is 10.5 Å². The first kappa shape index (κ1) is 11.2. The van der Waals surface area contributed by atoms with E-state index in [2.05, 4.69) is 16.8 Å². The molecular weight excluding hydrogens is 202 g/mol. The second kappa shape index (κ2) is 4.68. The van der Waals surface area contributed by atoms with E-state index < -0.39 is 0 Å². The molecule has 0 amide bonds. The predicted octanol–water partition coefficient (Wildman–Crippen LogP) is 1.50. The lowest BCUT2D eigenvalue weighted by Gasteiger charge is -2.30. The highest BCUT2D eigenvalue weighted by Gasteiger charge is 2.19. The number of aryl methyl sites for hydroxylation is 1. The van der Waals surface area contributed by atoms with Crippen LogP contribution in [0.2, 0.25) is 0 Å². The third-order valence-electron chi connectivity index (χ3n) is 3.32. The van der Waals surface area contributed by atoms with Gasteiger partial charge in [-0.2, -0.15) is 0 Å². The second-order valence-electron chi connectivity index (χ2n) is 4.51. The summed E-state index contributed by atoms with van der Waals surface area (Å²) in [6.07, 6.45) is 5.78. The van der Waals surface area contributed by atoms with E-state index in [4.69, 9.17) is 0 Å². The fraction of sp³-hybridized carbons (Fsp3) is 0.667. The number of nitrogens with zero attached hydrogens (tertiary/aromatic N) is 3. The Kier molecular flexibility index (Phi) is 3.27. The van der Waals surface area contributed by atoms with Crippen LogP contribution in [-0.4, -0.2) is 22.6 Å². The van der Waals surface area contributed by atoms with Crippen molar-refractivity contribution in [3.05, 3.63) is 22.7 Å². The normalized spacial score (nSPS) is 17.8. The van der Waals surface area contributed by atoms with Crippen molar-refractivity contribution in [3.63, 3.8) is 0 Å². The number of hydrogen-bond donors (Lipinski definition) is 0. The molecule has 0 spiro atoms. The maximum atomic E-state index is 12.0. The van der Waals surface area contributed by atoms with Crippen LogP contribution in [0.4, 0.5) is 5.82 Å². The van der Waals surface area contributed by atoms with Crippen molar-refractivity contribution in [1.29, 1.82) is 0 Å². The third kappa shape index (κ3) is 2.10. The van der Waals surface area contributed by atoms with Gasteiger partial charge in [-0.15, -0.1) is 0 Å². The maximum Gasteiger partial charge on any atom is 0.293 e. The highest BCUT2D eigenvalue weighted by molar-refractivity contribution is 5.36. The molecule has 0 saturated carbocycles. The van der Waals surface area contributed by atoms with E-state index in [-0.39, 0.29) is 5.56 Å². The standard InChI is InChI=1S/C12H19N3O/c1-3-14-9-6-13-11(12(14)16)15-7-4-10(2)5-8-15/h6,9-10H,3-5,7-8H2,1-2H3. The average Bonchev–Trinajstić information content (AvgIpc) is 2.31. The molecule has 0 N–H and O–H groups in total. The zero-order valence-electron chi connectivity index (χ0n) is 10.0. The van der Waals surface area contributed by atoms with Crippen molar-refractivity contribution in [3.8, 4) is 0 Å². The summed E-state index contributed by atoms with van der Waals surface area (Å²) in [4.78, 5) is 18.4. The van der Waals surface area contributed by atoms with E-state index in [1.165, 1.54) is 0 Å². The lowest BCUT2D eigenvalue weighted by Crippen LogP contribution is -2.38. The van der Waals surface area contributed by atoms with E-state index in [9.17, 15) is 4.79 Å². The number of anilines is 1. The van der Waals surface area contributed by atoms with E-state index in [1.54, 1.807) is 17.0 Å². The molecule has 1 fully saturated rings. The molecule has 1 aromatic heterocycles. The van der Waals surface area contributed by atoms with Crippen molar-refractivity contribution in [2.75, 3.05) is 18.0 Å². The Hall–Kier alpha value is -1.32. The summed E-state index contributed by atoms with van der Waals surface area (Å²) in [5.41, 5.74) is 0.0413. The Labute approximate surface area is 95.9 Å². The molecule has 1 aliphatic rings. The summed E-state index contributed by atoms with van der Waals surface area (Å²) in [5.74, 6) is 1.39. The fourth-order valence-electron chi connectivity index (χ4n) is 2.12. The van der Waals surface area contributed by atoms with Gasteiger partial charge in [-0.1, -0.05) is 6.92 Å². The van der Waals surface area contributed by atoms with E-state index in [1.807, 2.05) is 6.92 Å². The molecule has 0 unspecified atom stereocenters. The molecule has 0 aromatic carbocycles. The fourth-order valence-corrected chi connectivity index (χ4v) is 2.12. The SMILES string of the molecule is CCn1ccnc(N2CCC(C)CC2)c1=O. The topological polar surface area (TPSA) is 38.1 Å². The summed E-state index contributed by atoms with van der Waals surface area (Å²) in [6, 6.07) is 0. The molecule has 4 nitrogen and oxygen atoms in total. The van der Waals surface area contributed by atoms with Gasteiger partial charge >= 0.3 is 0 Å². The quantitative estimate of drug-likeness (QED) is 0.759. The van der Waals surface area contributed by atoms with Crippen LogP contribution in [0.1, 0.15) is 26.7 Å². The molecule has 2 rings (SSSR count). The van der Waals surface area contributed by atoms with Gasteiger partial charge in [0.2, 0.25) is 0 Å². The van der Waals surface area contributed by atoms with Gasteiger partial charge in [0, 0.05) is 32.0 Å². The van der Waals surface area contributed by atoms with Crippen molar-refractivity contribution in [2.24, 2.45) is 5.92 Å². The van der Waals surface area contributed by atoms with Crippen LogP contribution in [0.15, 0.2) is 17.2 Å². The predicted molar refractivity (Wildman–Crippen MR) is 64.8 cm³/mol. The molecule has 1 aliphatic heterocycles. The summed E-state index contributed by atoms with van der Waals surface area (Å²) in [5, 5.41) is 0. The second-order valence-corrected chi connectivity index (χ2v) is 4.51. The molecule has 88 valence electrons. The van der Waals surface area contributed by atoms with E-state index >= 15 is 0 Å². The zero-order chi connectivity index (χ0) is 11.5. The van der Waals surface area contributed by atoms with Crippen molar-refractivity contribution in [2.45, 2.75) is 33.2 Å². The van der Waals surface area contributed by atoms with Crippen LogP contribution in [0.25, 0.3) is 0 Å². The van der Waals surface area contributed by atoms with Crippen molar-refractivity contribution >= 4 is 5.82 Å². The van der Waals surface area contributed by atoms with Gasteiger partial charge in [-0.3, -0.25) is 4.79 Å². The molecule has 1 saturated heterocycles. The van der Waals surface area contributed by atoms with Crippen LogP contribution in [0.5, 0.6) is 0 Å². The van der Waals surface area contributed by atoms with Gasteiger partial charge in [0.1, 0.15) is 0 Å². The summed E-state index contributed by atoms with van der Waals surface area (Å²) < 4.78 is 1.71. The maximum absolute atomic E-state index is 12.0. The minimum absolute atomic E-state index is 0.0413. The first-order valence-electron chi connectivity index (χ1n) is 6.02. The molecule has 0 aliphatic carbocycles. The molecule has 4 heteroatoms. The average molecular weight is 221 g/mol. The van der Waals surface area contributed by atoms with Gasteiger partial charge in [0.05, 0.1) is 0 Å². The lowest BCUT2D eigenvalue weighted by molar-refractivity contribution is 0.435. The van der Waals surface area contributed by atoms with E-state index in [0.717, 1.165) is 31.8 Å². The van der Waals surface area contributed by atoms with Gasteiger partial charge in [-0.25, -0.2) is 4.98 Å². The highest BCUT2D eigenvalue weighted by Crippen LogP contribution is 2.18. The number of aromatic nitrogens is 2. The van der Waals surface area contributed by atoms with Crippen LogP contribution >= 0.6 is 0 Å². The lowest BCUT2D eigenvalue weighted by atomic mass is 9.99. The number of hydrogen-bond acceptors (Lipinski definition) is 3. The largest absolute Gasteiger partial charge is 0.352 e. The number of piperidine rings is 1. The monoisotopic (exact) mass is 221 g/mol. The van der Waals surface area contributed by atoms with Gasteiger partial charge in [0.25, 0.3) is 5.56 Å². The van der Waals surface area contributed by atoms with Crippen LogP contribution in [0.3, 0.4) is 0 Å². The first-order chi connectivity index (χ1) is 7.72. The molecule has 0 atom stereocenters. The Morgan fingerprint density at radius 3 is 2.75 bits per heavy atom. The zero-order valence-corrected chi connectivity index (χ0v) is 10.0. The summed E-state index contributed by atoms with van der Waals surface area (Å²) >= 11 is 0. The minimum Gasteiger partial charge on any atom is -0.352 e. The Bertz CT molecular complexity index is 405. The molecular formula is C12H19N3O. The van der Waals surface area contributed by atoms with Gasteiger partial charge < -0.3 is 9.47 Å². The first-order valence-corrected chi connectivity index (χ1v) is 6.02. The Morgan fingerprint density at radius 1 is 1.44 bits per heavy atom. The minimum atomic E-state index is 0.0413. The number of rotatable bonds is 2. The Morgan fingerprint density at radius 2 is 2.12 bits per heavy atom. The smallest absolute Gasteiger partial charge is 0.293 e. The van der Waals surface area contributed by atoms with Crippen molar-refractivity contribution in [1.82, 2.24) is 9.55 Å². The van der Waals surface area contributed by atoms with Crippen molar-refractivity contribution < 1.29 is 0 Å². The van der Waals surface area contributed by atoms with E-state index in [0.29, 0.717) is 12.4 Å². The third-order valence-corrected chi connectivity index (χ3v) is 3.32. The van der Waals surface area contributed by atoms with Gasteiger partial charge in [0.15, 0.2) is 5.82 Å².